The van der Waals surface area contributed by atoms with Gasteiger partial charge in [-0.1, -0.05) is 0 Å². The van der Waals surface area contributed by atoms with Gasteiger partial charge < -0.3 is 5.32 Å². The third kappa shape index (κ3) is 4.95. The Bertz CT molecular complexity index is 821. The van der Waals surface area contributed by atoms with E-state index in [9.17, 15) is 18.8 Å². The standard InChI is InChI=1S/C20H19FN2O3S/c21-15-4-8-17(9-5-15)27-13-1-12-22-20(26)14-2-6-16(7-3-14)23-18(24)10-11-19(23)25/h2-9H,1,10-13H2,(H,22,26). The van der Waals surface area contributed by atoms with Gasteiger partial charge in [-0.25, -0.2) is 4.39 Å². The van der Waals surface area contributed by atoms with E-state index in [0.717, 1.165) is 22.0 Å². The van der Waals surface area contributed by atoms with E-state index in [1.54, 1.807) is 48.2 Å². The van der Waals surface area contributed by atoms with E-state index in [-0.39, 0.29) is 36.4 Å². The Morgan fingerprint density at radius 3 is 2.26 bits per heavy atom. The maximum atomic E-state index is 12.8. The smallest absolute Gasteiger partial charge is 0.251 e. The van der Waals surface area contributed by atoms with Gasteiger partial charge in [-0.15, -0.1) is 11.8 Å². The average molecular weight is 386 g/mol. The highest BCUT2D eigenvalue weighted by Crippen LogP contribution is 2.23. The van der Waals surface area contributed by atoms with Gasteiger partial charge in [0.15, 0.2) is 0 Å². The Morgan fingerprint density at radius 1 is 1.00 bits per heavy atom. The SMILES string of the molecule is O=C(NCCCSc1ccc(F)cc1)c1ccc(N2C(=O)CCC2=O)cc1. The van der Waals surface area contributed by atoms with E-state index in [4.69, 9.17) is 0 Å². The predicted molar refractivity (Wildman–Crippen MR) is 102 cm³/mol. The summed E-state index contributed by atoms with van der Waals surface area (Å²) in [5.74, 6) is -0.0699. The fourth-order valence-corrected chi connectivity index (χ4v) is 3.58. The molecule has 1 aliphatic rings. The second-order valence-corrected chi connectivity index (χ2v) is 7.25. The van der Waals surface area contributed by atoms with Crippen LogP contribution >= 0.6 is 11.8 Å². The summed E-state index contributed by atoms with van der Waals surface area (Å²) in [6, 6.07) is 12.8. The summed E-state index contributed by atoms with van der Waals surface area (Å²) in [6.07, 6.45) is 1.25. The summed E-state index contributed by atoms with van der Waals surface area (Å²) in [5.41, 5.74) is 0.971. The number of thioether (sulfide) groups is 1. The lowest BCUT2D eigenvalue weighted by molar-refractivity contribution is -0.121. The molecule has 0 aliphatic carbocycles. The summed E-state index contributed by atoms with van der Waals surface area (Å²) in [7, 11) is 0. The van der Waals surface area contributed by atoms with Crippen molar-refractivity contribution in [3.05, 3.63) is 59.9 Å². The van der Waals surface area contributed by atoms with Gasteiger partial charge >= 0.3 is 0 Å². The predicted octanol–water partition coefficient (Wildman–Crippen LogP) is 3.39. The zero-order chi connectivity index (χ0) is 19.2. The van der Waals surface area contributed by atoms with Gasteiger partial charge in [0.25, 0.3) is 5.91 Å². The van der Waals surface area contributed by atoms with Crippen molar-refractivity contribution < 1.29 is 18.8 Å². The number of nitrogens with zero attached hydrogens (tertiary/aromatic N) is 1. The topological polar surface area (TPSA) is 66.5 Å². The highest BCUT2D eigenvalue weighted by atomic mass is 32.2. The molecule has 3 amide bonds. The number of carbonyl (C=O) groups is 3. The van der Waals surface area contributed by atoms with Crippen molar-refractivity contribution >= 4 is 35.2 Å². The van der Waals surface area contributed by atoms with E-state index in [0.29, 0.717) is 17.8 Å². The van der Waals surface area contributed by atoms with Crippen molar-refractivity contribution in [3.8, 4) is 0 Å². The molecular weight excluding hydrogens is 367 g/mol. The van der Waals surface area contributed by atoms with Crippen molar-refractivity contribution in [2.45, 2.75) is 24.2 Å². The highest BCUT2D eigenvalue weighted by molar-refractivity contribution is 7.99. The molecule has 3 rings (SSSR count). The van der Waals surface area contributed by atoms with E-state index in [1.807, 2.05) is 0 Å². The molecule has 5 nitrogen and oxygen atoms in total. The van der Waals surface area contributed by atoms with Crippen LogP contribution in [0.15, 0.2) is 53.4 Å². The molecule has 1 saturated heterocycles. The first-order chi connectivity index (χ1) is 13.0. The lowest BCUT2D eigenvalue weighted by Crippen LogP contribution is -2.29. The molecule has 1 N–H and O–H groups in total. The van der Waals surface area contributed by atoms with E-state index >= 15 is 0 Å². The van der Waals surface area contributed by atoms with E-state index in [2.05, 4.69) is 5.32 Å². The molecule has 0 atom stereocenters. The zero-order valence-electron chi connectivity index (χ0n) is 14.6. The number of rotatable bonds is 7. The Hall–Kier alpha value is -2.67. The average Bonchev–Trinajstić information content (AvgIpc) is 3.01. The molecule has 2 aromatic carbocycles. The first kappa shape index (κ1) is 19.1. The molecular formula is C20H19FN2O3S. The molecule has 1 fully saturated rings. The van der Waals surface area contributed by atoms with Crippen LogP contribution in [0.3, 0.4) is 0 Å². The van der Waals surface area contributed by atoms with Crippen LogP contribution in [0, 0.1) is 5.82 Å². The van der Waals surface area contributed by atoms with Crippen molar-refractivity contribution in [2.75, 3.05) is 17.2 Å². The highest BCUT2D eigenvalue weighted by Gasteiger charge is 2.30. The third-order valence-corrected chi connectivity index (χ3v) is 5.23. The van der Waals surface area contributed by atoms with Gasteiger partial charge in [-0.2, -0.15) is 0 Å². The second kappa shape index (κ2) is 8.81. The molecule has 0 saturated carbocycles. The molecule has 0 radical (unpaired) electrons. The lowest BCUT2D eigenvalue weighted by atomic mass is 10.2. The maximum absolute atomic E-state index is 12.8. The number of carbonyl (C=O) groups excluding carboxylic acids is 3. The lowest BCUT2D eigenvalue weighted by Gasteiger charge is -2.14. The zero-order valence-corrected chi connectivity index (χ0v) is 15.4. The summed E-state index contributed by atoms with van der Waals surface area (Å²) < 4.78 is 12.8. The first-order valence-corrected chi connectivity index (χ1v) is 9.65. The van der Waals surface area contributed by atoms with Gasteiger partial charge in [0, 0.05) is 29.8 Å². The Balaban J connectivity index is 1.43. The number of hydrogen-bond acceptors (Lipinski definition) is 4. The maximum Gasteiger partial charge on any atom is 0.251 e. The summed E-state index contributed by atoms with van der Waals surface area (Å²) >= 11 is 1.61. The minimum Gasteiger partial charge on any atom is -0.352 e. The third-order valence-electron chi connectivity index (χ3n) is 4.13. The fraction of sp³-hybridized carbons (Fsp3) is 0.250. The normalized spacial score (nSPS) is 13.9. The molecule has 1 aliphatic heterocycles. The van der Waals surface area contributed by atoms with Crippen molar-refractivity contribution in [2.24, 2.45) is 0 Å². The molecule has 0 aromatic heterocycles. The van der Waals surface area contributed by atoms with Crippen LogP contribution in [0.25, 0.3) is 0 Å². The van der Waals surface area contributed by atoms with Gasteiger partial charge in [0.2, 0.25) is 11.8 Å². The second-order valence-electron chi connectivity index (χ2n) is 6.08. The number of amides is 3. The Kier molecular flexibility index (Phi) is 6.24. The van der Waals surface area contributed by atoms with Crippen LogP contribution in [0.5, 0.6) is 0 Å². The first-order valence-electron chi connectivity index (χ1n) is 8.67. The van der Waals surface area contributed by atoms with E-state index in [1.165, 1.54) is 12.1 Å². The molecule has 0 spiro atoms. The largest absolute Gasteiger partial charge is 0.352 e. The fourth-order valence-electron chi connectivity index (χ4n) is 2.72. The van der Waals surface area contributed by atoms with Gasteiger partial charge in [0.05, 0.1) is 5.69 Å². The van der Waals surface area contributed by atoms with Crippen LogP contribution in [0.4, 0.5) is 10.1 Å². The molecule has 1 heterocycles. The van der Waals surface area contributed by atoms with Gasteiger partial charge in [0.1, 0.15) is 5.82 Å². The number of nitrogens with one attached hydrogen (secondary N) is 1. The molecule has 0 bridgehead atoms. The molecule has 7 heteroatoms. The van der Waals surface area contributed by atoms with Gasteiger partial charge in [-0.05, 0) is 60.7 Å². The quantitative estimate of drug-likeness (QED) is 0.450. The minimum absolute atomic E-state index is 0.201. The number of benzene rings is 2. The van der Waals surface area contributed by atoms with Crippen LogP contribution in [-0.2, 0) is 9.59 Å². The van der Waals surface area contributed by atoms with Crippen LogP contribution in [0.2, 0.25) is 0 Å². The van der Waals surface area contributed by atoms with Crippen LogP contribution in [-0.4, -0.2) is 30.0 Å². The Morgan fingerprint density at radius 2 is 1.63 bits per heavy atom. The number of halogens is 1. The summed E-state index contributed by atoms with van der Waals surface area (Å²) in [4.78, 5) is 37.8. The Labute approximate surface area is 160 Å². The van der Waals surface area contributed by atoms with Crippen molar-refractivity contribution in [1.82, 2.24) is 5.32 Å². The van der Waals surface area contributed by atoms with Crippen LogP contribution in [0.1, 0.15) is 29.6 Å². The number of imide groups is 1. The van der Waals surface area contributed by atoms with E-state index < -0.39 is 0 Å². The minimum atomic E-state index is -0.254. The molecule has 2 aromatic rings. The number of hydrogen-bond donors (Lipinski definition) is 1. The van der Waals surface area contributed by atoms with Crippen molar-refractivity contribution in [3.63, 3.8) is 0 Å². The summed E-state index contributed by atoms with van der Waals surface area (Å²) in [5, 5.41) is 2.84. The summed E-state index contributed by atoms with van der Waals surface area (Å²) in [6.45, 7) is 0.526. The monoisotopic (exact) mass is 386 g/mol. The molecule has 0 unspecified atom stereocenters. The number of anilines is 1. The van der Waals surface area contributed by atoms with Crippen molar-refractivity contribution in [1.29, 1.82) is 0 Å². The van der Waals surface area contributed by atoms with Gasteiger partial charge in [-0.3, -0.25) is 19.3 Å². The van der Waals surface area contributed by atoms with Crippen LogP contribution < -0.4 is 10.2 Å². The molecule has 27 heavy (non-hydrogen) atoms. The molecule has 140 valence electrons.